The van der Waals surface area contributed by atoms with Crippen LogP contribution in [0, 0.1) is 0 Å². The molecule has 1 saturated heterocycles. The van der Waals surface area contributed by atoms with Crippen molar-refractivity contribution in [2.75, 3.05) is 37.6 Å². The predicted octanol–water partition coefficient (Wildman–Crippen LogP) is 1.65. The SMILES string of the molecule is CC(=O)N(CC(=O)N1CCN(C=O)CC1)c1ccc(Cl)cc1Cl. The number of nitrogens with zero attached hydrogens (tertiary/aromatic N) is 3. The first-order chi connectivity index (χ1) is 10.9. The fourth-order valence-corrected chi connectivity index (χ4v) is 2.89. The van der Waals surface area contributed by atoms with Gasteiger partial charge < -0.3 is 14.7 Å². The van der Waals surface area contributed by atoms with Crippen LogP contribution in [-0.4, -0.2) is 60.7 Å². The Balaban J connectivity index is 2.09. The van der Waals surface area contributed by atoms with Crippen molar-refractivity contribution in [1.82, 2.24) is 9.80 Å². The minimum absolute atomic E-state index is 0.0994. The molecule has 3 amide bonds. The van der Waals surface area contributed by atoms with Crippen LogP contribution >= 0.6 is 23.2 Å². The van der Waals surface area contributed by atoms with Crippen LogP contribution in [0.25, 0.3) is 0 Å². The number of piperazine rings is 1. The molecule has 2 rings (SSSR count). The maximum absolute atomic E-state index is 12.4. The van der Waals surface area contributed by atoms with Gasteiger partial charge in [-0.1, -0.05) is 23.2 Å². The van der Waals surface area contributed by atoms with Gasteiger partial charge in [-0.05, 0) is 18.2 Å². The third-order valence-corrected chi connectivity index (χ3v) is 4.23. The van der Waals surface area contributed by atoms with E-state index < -0.39 is 0 Å². The van der Waals surface area contributed by atoms with Crippen LogP contribution in [0.5, 0.6) is 0 Å². The van der Waals surface area contributed by atoms with Gasteiger partial charge in [0, 0.05) is 38.1 Å². The minimum Gasteiger partial charge on any atom is -0.342 e. The molecule has 0 unspecified atom stereocenters. The Bertz CT molecular complexity index is 616. The van der Waals surface area contributed by atoms with Crippen molar-refractivity contribution >= 4 is 47.1 Å². The van der Waals surface area contributed by atoms with Crippen LogP contribution in [0.1, 0.15) is 6.92 Å². The molecule has 0 aliphatic carbocycles. The van der Waals surface area contributed by atoms with Gasteiger partial charge in [-0.25, -0.2) is 0 Å². The van der Waals surface area contributed by atoms with Gasteiger partial charge in [-0.2, -0.15) is 0 Å². The highest BCUT2D eigenvalue weighted by Gasteiger charge is 2.24. The monoisotopic (exact) mass is 357 g/mol. The van der Waals surface area contributed by atoms with E-state index >= 15 is 0 Å². The third kappa shape index (κ3) is 4.36. The minimum atomic E-state index is -0.283. The van der Waals surface area contributed by atoms with Crippen LogP contribution in [0.3, 0.4) is 0 Å². The second-order valence-electron chi connectivity index (χ2n) is 5.22. The average Bonchev–Trinajstić information content (AvgIpc) is 2.53. The Morgan fingerprint density at radius 2 is 1.87 bits per heavy atom. The lowest BCUT2D eigenvalue weighted by Crippen LogP contribution is -2.51. The van der Waals surface area contributed by atoms with Gasteiger partial charge in [-0.3, -0.25) is 14.4 Å². The first-order valence-electron chi connectivity index (χ1n) is 7.12. The number of halogens is 2. The summed E-state index contributed by atoms with van der Waals surface area (Å²) in [4.78, 5) is 39.6. The molecular weight excluding hydrogens is 341 g/mol. The first-order valence-corrected chi connectivity index (χ1v) is 7.88. The van der Waals surface area contributed by atoms with Gasteiger partial charge in [0.2, 0.25) is 18.2 Å². The molecule has 0 bridgehead atoms. The summed E-state index contributed by atoms with van der Waals surface area (Å²) in [6.07, 6.45) is 0.775. The van der Waals surface area contributed by atoms with Crippen molar-refractivity contribution in [1.29, 1.82) is 0 Å². The van der Waals surface area contributed by atoms with Crippen LogP contribution in [0.15, 0.2) is 18.2 Å². The zero-order chi connectivity index (χ0) is 17.0. The zero-order valence-corrected chi connectivity index (χ0v) is 14.2. The Morgan fingerprint density at radius 3 is 2.39 bits per heavy atom. The van der Waals surface area contributed by atoms with E-state index in [1.165, 1.54) is 17.9 Å². The van der Waals surface area contributed by atoms with E-state index in [2.05, 4.69) is 0 Å². The summed E-state index contributed by atoms with van der Waals surface area (Å²) in [7, 11) is 0. The van der Waals surface area contributed by atoms with Gasteiger partial charge >= 0.3 is 0 Å². The predicted molar refractivity (Wildman–Crippen MR) is 88.7 cm³/mol. The lowest BCUT2D eigenvalue weighted by molar-refractivity contribution is -0.134. The van der Waals surface area contributed by atoms with Crippen LogP contribution < -0.4 is 4.90 Å². The molecule has 23 heavy (non-hydrogen) atoms. The van der Waals surface area contributed by atoms with Crippen molar-refractivity contribution < 1.29 is 14.4 Å². The molecule has 6 nitrogen and oxygen atoms in total. The highest BCUT2D eigenvalue weighted by molar-refractivity contribution is 6.36. The fourth-order valence-electron chi connectivity index (χ4n) is 2.38. The average molecular weight is 358 g/mol. The summed E-state index contributed by atoms with van der Waals surface area (Å²) in [5, 5.41) is 0.768. The van der Waals surface area contributed by atoms with Gasteiger partial charge in [0.25, 0.3) is 0 Å². The maximum Gasteiger partial charge on any atom is 0.242 e. The summed E-state index contributed by atoms with van der Waals surface area (Å²) in [5.74, 6) is -0.467. The molecule has 1 aromatic carbocycles. The van der Waals surface area contributed by atoms with Crippen molar-refractivity contribution in [2.45, 2.75) is 6.92 Å². The second-order valence-corrected chi connectivity index (χ2v) is 6.07. The molecule has 0 saturated carbocycles. The Hall–Kier alpha value is -1.79. The molecule has 1 fully saturated rings. The number of anilines is 1. The standard InChI is InChI=1S/C15H17Cl2N3O3/c1-11(22)20(14-3-2-12(16)8-13(14)17)9-15(23)19-6-4-18(10-21)5-7-19/h2-3,8,10H,4-7,9H2,1H3. The molecule has 124 valence electrons. The zero-order valence-electron chi connectivity index (χ0n) is 12.7. The van der Waals surface area contributed by atoms with Crippen molar-refractivity contribution in [2.24, 2.45) is 0 Å². The van der Waals surface area contributed by atoms with E-state index in [0.29, 0.717) is 41.9 Å². The molecule has 0 spiro atoms. The van der Waals surface area contributed by atoms with Crippen LogP contribution in [0.2, 0.25) is 10.0 Å². The molecule has 0 atom stereocenters. The van der Waals surface area contributed by atoms with E-state index in [1.54, 1.807) is 21.9 Å². The van der Waals surface area contributed by atoms with Crippen molar-refractivity contribution in [3.8, 4) is 0 Å². The first kappa shape index (κ1) is 17.6. The van der Waals surface area contributed by atoms with E-state index in [9.17, 15) is 14.4 Å². The Labute approximate surface area is 144 Å². The van der Waals surface area contributed by atoms with E-state index in [-0.39, 0.29) is 18.4 Å². The van der Waals surface area contributed by atoms with E-state index in [0.717, 1.165) is 6.41 Å². The van der Waals surface area contributed by atoms with Gasteiger partial charge in [0.1, 0.15) is 6.54 Å². The topological polar surface area (TPSA) is 60.9 Å². The molecule has 0 N–H and O–H groups in total. The maximum atomic E-state index is 12.4. The lowest BCUT2D eigenvalue weighted by atomic mass is 10.2. The number of carbonyl (C=O) groups is 3. The Kier molecular flexibility index (Phi) is 5.85. The molecule has 8 heteroatoms. The third-order valence-electron chi connectivity index (χ3n) is 3.69. The van der Waals surface area contributed by atoms with Gasteiger partial charge in [0.15, 0.2) is 0 Å². The summed E-state index contributed by atoms with van der Waals surface area (Å²) in [6, 6.07) is 4.76. The van der Waals surface area contributed by atoms with Gasteiger partial charge in [-0.15, -0.1) is 0 Å². The molecule has 1 aliphatic heterocycles. The number of amides is 3. The van der Waals surface area contributed by atoms with E-state index in [1.807, 2.05) is 0 Å². The Morgan fingerprint density at radius 1 is 1.22 bits per heavy atom. The number of benzene rings is 1. The van der Waals surface area contributed by atoms with Crippen molar-refractivity contribution in [3.05, 3.63) is 28.2 Å². The number of hydrogen-bond donors (Lipinski definition) is 0. The normalized spacial score (nSPS) is 14.6. The van der Waals surface area contributed by atoms with Crippen LogP contribution in [-0.2, 0) is 14.4 Å². The summed E-state index contributed by atoms with van der Waals surface area (Å²) in [6.45, 7) is 3.18. The summed E-state index contributed by atoms with van der Waals surface area (Å²) in [5.41, 5.74) is 0.448. The largest absolute Gasteiger partial charge is 0.342 e. The summed E-state index contributed by atoms with van der Waals surface area (Å²) >= 11 is 12.0. The van der Waals surface area contributed by atoms with Crippen molar-refractivity contribution in [3.63, 3.8) is 0 Å². The molecule has 1 aliphatic rings. The smallest absolute Gasteiger partial charge is 0.242 e. The van der Waals surface area contributed by atoms with Crippen LogP contribution in [0.4, 0.5) is 5.69 Å². The lowest BCUT2D eigenvalue weighted by Gasteiger charge is -2.34. The second kappa shape index (κ2) is 7.66. The highest BCUT2D eigenvalue weighted by Crippen LogP contribution is 2.29. The molecular formula is C15H17Cl2N3O3. The van der Waals surface area contributed by atoms with E-state index in [4.69, 9.17) is 23.2 Å². The quantitative estimate of drug-likeness (QED) is 0.769. The molecule has 0 radical (unpaired) electrons. The molecule has 0 aromatic heterocycles. The summed E-state index contributed by atoms with van der Waals surface area (Å²) < 4.78 is 0. The number of hydrogen-bond acceptors (Lipinski definition) is 3. The number of rotatable bonds is 4. The van der Waals surface area contributed by atoms with Gasteiger partial charge in [0.05, 0.1) is 10.7 Å². The fraction of sp³-hybridized carbons (Fsp3) is 0.400. The molecule has 1 heterocycles. The number of carbonyl (C=O) groups excluding carboxylic acids is 3. The highest BCUT2D eigenvalue weighted by atomic mass is 35.5. The molecule has 1 aromatic rings.